The van der Waals surface area contributed by atoms with Crippen LogP contribution in [0.25, 0.3) is 0 Å². The van der Waals surface area contributed by atoms with Gasteiger partial charge in [0.1, 0.15) is 5.75 Å². The molecule has 5 heteroatoms. The molecule has 1 aromatic rings. The Kier molecular flexibility index (Phi) is 6.34. The molecule has 1 aliphatic rings. The molecule has 0 spiro atoms. The van der Waals surface area contributed by atoms with Crippen LogP contribution in [0.2, 0.25) is 0 Å². The Hall–Kier alpha value is -1.46. The molecule has 2 rings (SSSR count). The monoisotopic (exact) mass is 309 g/mol. The maximum absolute atomic E-state index is 9.66. The third kappa shape index (κ3) is 3.84. The average molecular weight is 309 g/mol. The molecule has 22 heavy (non-hydrogen) atoms. The number of ether oxygens (including phenoxy) is 3. The fourth-order valence-corrected chi connectivity index (χ4v) is 3.09. The van der Waals surface area contributed by atoms with E-state index in [0.717, 1.165) is 30.8 Å². The molecule has 1 heterocycles. The van der Waals surface area contributed by atoms with Gasteiger partial charge in [0.05, 0.1) is 27.9 Å². The molecule has 5 nitrogen and oxygen atoms in total. The van der Waals surface area contributed by atoms with Gasteiger partial charge in [-0.15, -0.1) is 0 Å². The second-order valence-corrected chi connectivity index (χ2v) is 5.68. The second-order valence-electron chi connectivity index (χ2n) is 5.68. The van der Waals surface area contributed by atoms with Crippen molar-refractivity contribution >= 4 is 0 Å². The summed E-state index contributed by atoms with van der Waals surface area (Å²) in [6.45, 7) is 1.95. The van der Waals surface area contributed by atoms with Crippen molar-refractivity contribution in [2.45, 2.75) is 38.3 Å². The largest absolute Gasteiger partial charge is 0.496 e. The lowest BCUT2D eigenvalue weighted by Gasteiger charge is -2.29. The molecule has 1 fully saturated rings. The predicted octanol–water partition coefficient (Wildman–Crippen LogP) is 2.45. The highest BCUT2D eigenvalue weighted by atomic mass is 16.5. The molecule has 0 radical (unpaired) electrons. The van der Waals surface area contributed by atoms with Crippen LogP contribution in [0.15, 0.2) is 12.1 Å². The number of hydrogen-bond acceptors (Lipinski definition) is 5. The topological polar surface area (TPSA) is 51.2 Å². The van der Waals surface area contributed by atoms with Crippen LogP contribution in [-0.4, -0.2) is 50.5 Å². The van der Waals surface area contributed by atoms with Gasteiger partial charge in [0, 0.05) is 24.2 Å². The molecule has 0 unspecified atom stereocenters. The first kappa shape index (κ1) is 16.9. The van der Waals surface area contributed by atoms with E-state index in [1.54, 1.807) is 21.3 Å². The third-order valence-electron chi connectivity index (χ3n) is 4.37. The Labute approximate surface area is 132 Å². The summed E-state index contributed by atoms with van der Waals surface area (Å²) < 4.78 is 16.2. The minimum Gasteiger partial charge on any atom is -0.496 e. The van der Waals surface area contributed by atoms with Crippen molar-refractivity contribution in [3.8, 4) is 17.2 Å². The summed E-state index contributed by atoms with van der Waals surface area (Å²) in [6.07, 6.45) is 4.64. The molecule has 0 bridgehead atoms. The standard InChI is InChI=1S/C17H27NO4/c1-20-15-10-17(22-3)16(21-2)9-13(15)11-18-8-6-4-5-7-14(18)12-19/h9-10,14,19H,4-8,11-12H2,1-3H3/t14-/m0/s1. The molecule has 1 atom stereocenters. The maximum Gasteiger partial charge on any atom is 0.164 e. The number of likely N-dealkylation sites (tertiary alicyclic amines) is 1. The number of aliphatic hydroxyl groups excluding tert-OH is 1. The first-order valence-electron chi connectivity index (χ1n) is 7.87. The van der Waals surface area contributed by atoms with E-state index in [9.17, 15) is 5.11 Å². The van der Waals surface area contributed by atoms with Crippen molar-refractivity contribution in [1.82, 2.24) is 4.90 Å². The highest BCUT2D eigenvalue weighted by molar-refractivity contribution is 5.50. The molecule has 1 aromatic carbocycles. The van der Waals surface area contributed by atoms with Crippen LogP contribution >= 0.6 is 0 Å². The van der Waals surface area contributed by atoms with E-state index >= 15 is 0 Å². The van der Waals surface area contributed by atoms with Crippen molar-refractivity contribution in [3.05, 3.63) is 17.7 Å². The first-order valence-corrected chi connectivity index (χ1v) is 7.87. The maximum atomic E-state index is 9.66. The Bertz CT molecular complexity index is 478. The van der Waals surface area contributed by atoms with Gasteiger partial charge < -0.3 is 19.3 Å². The van der Waals surface area contributed by atoms with E-state index in [0.29, 0.717) is 11.5 Å². The van der Waals surface area contributed by atoms with Crippen LogP contribution in [0.1, 0.15) is 31.2 Å². The highest BCUT2D eigenvalue weighted by Gasteiger charge is 2.22. The van der Waals surface area contributed by atoms with Crippen LogP contribution in [-0.2, 0) is 6.54 Å². The summed E-state index contributed by atoms with van der Waals surface area (Å²) in [5, 5.41) is 9.66. The van der Waals surface area contributed by atoms with Crippen LogP contribution < -0.4 is 14.2 Å². The Morgan fingerprint density at radius 2 is 1.68 bits per heavy atom. The van der Waals surface area contributed by atoms with Crippen LogP contribution in [0.3, 0.4) is 0 Å². The molecule has 1 N–H and O–H groups in total. The molecule has 0 aromatic heterocycles. The van der Waals surface area contributed by atoms with Crippen molar-refractivity contribution in [3.63, 3.8) is 0 Å². The Balaban J connectivity index is 2.26. The van der Waals surface area contributed by atoms with Gasteiger partial charge in [-0.2, -0.15) is 0 Å². The normalized spacial score (nSPS) is 19.5. The summed E-state index contributed by atoms with van der Waals surface area (Å²) in [5.74, 6) is 2.16. The Morgan fingerprint density at radius 1 is 1.00 bits per heavy atom. The van der Waals surface area contributed by atoms with E-state index in [-0.39, 0.29) is 12.6 Å². The summed E-state index contributed by atoms with van der Waals surface area (Å²) in [4.78, 5) is 2.34. The van der Waals surface area contributed by atoms with Gasteiger partial charge in [0.2, 0.25) is 0 Å². The molecular formula is C17H27NO4. The van der Waals surface area contributed by atoms with E-state index in [4.69, 9.17) is 14.2 Å². The van der Waals surface area contributed by atoms with Crippen molar-refractivity contribution in [2.75, 3.05) is 34.5 Å². The zero-order valence-electron chi connectivity index (χ0n) is 13.8. The van der Waals surface area contributed by atoms with Gasteiger partial charge >= 0.3 is 0 Å². The van der Waals surface area contributed by atoms with Gasteiger partial charge in [-0.3, -0.25) is 4.90 Å². The Morgan fingerprint density at radius 3 is 2.32 bits per heavy atom. The molecule has 124 valence electrons. The minimum atomic E-state index is 0.204. The molecule has 0 amide bonds. The summed E-state index contributed by atoms with van der Waals surface area (Å²) in [6, 6.07) is 4.05. The number of benzene rings is 1. The zero-order chi connectivity index (χ0) is 15.9. The molecule has 0 saturated carbocycles. The van der Waals surface area contributed by atoms with Gasteiger partial charge in [0.25, 0.3) is 0 Å². The first-order chi connectivity index (χ1) is 10.7. The second kappa shape index (κ2) is 8.25. The number of rotatable bonds is 6. The lowest BCUT2D eigenvalue weighted by molar-refractivity contribution is 0.117. The van der Waals surface area contributed by atoms with Crippen molar-refractivity contribution in [1.29, 1.82) is 0 Å². The summed E-state index contributed by atoms with van der Waals surface area (Å²) in [7, 11) is 4.92. The number of methoxy groups -OCH3 is 3. The molecule has 0 aliphatic carbocycles. The van der Waals surface area contributed by atoms with Crippen LogP contribution in [0.4, 0.5) is 0 Å². The van der Waals surface area contributed by atoms with Crippen LogP contribution in [0.5, 0.6) is 17.2 Å². The van der Waals surface area contributed by atoms with E-state index in [2.05, 4.69) is 4.90 Å². The SMILES string of the molecule is COc1cc(OC)c(OC)cc1CN1CCCCC[C@H]1CO. The van der Waals surface area contributed by atoms with Gasteiger partial charge in [-0.25, -0.2) is 0 Å². The average Bonchev–Trinajstić information content (AvgIpc) is 2.79. The van der Waals surface area contributed by atoms with Gasteiger partial charge in [0.15, 0.2) is 11.5 Å². The minimum absolute atomic E-state index is 0.204. The quantitative estimate of drug-likeness (QED) is 0.875. The van der Waals surface area contributed by atoms with E-state index < -0.39 is 0 Å². The van der Waals surface area contributed by atoms with Gasteiger partial charge in [-0.05, 0) is 25.5 Å². The fraction of sp³-hybridized carbons (Fsp3) is 0.647. The van der Waals surface area contributed by atoms with E-state index in [1.807, 2.05) is 12.1 Å². The predicted molar refractivity (Wildman–Crippen MR) is 85.8 cm³/mol. The van der Waals surface area contributed by atoms with Crippen molar-refractivity contribution in [2.24, 2.45) is 0 Å². The molecule has 1 aliphatic heterocycles. The van der Waals surface area contributed by atoms with Crippen molar-refractivity contribution < 1.29 is 19.3 Å². The zero-order valence-corrected chi connectivity index (χ0v) is 13.8. The lowest BCUT2D eigenvalue weighted by atomic mass is 10.1. The lowest BCUT2D eigenvalue weighted by Crippen LogP contribution is -2.37. The molecule has 1 saturated heterocycles. The number of nitrogens with zero attached hydrogens (tertiary/aromatic N) is 1. The number of aliphatic hydroxyl groups is 1. The molecular weight excluding hydrogens is 282 g/mol. The summed E-state index contributed by atoms with van der Waals surface area (Å²) in [5.41, 5.74) is 1.06. The third-order valence-corrected chi connectivity index (χ3v) is 4.37. The van der Waals surface area contributed by atoms with Crippen LogP contribution in [0, 0.1) is 0 Å². The summed E-state index contributed by atoms with van der Waals surface area (Å²) >= 11 is 0. The smallest absolute Gasteiger partial charge is 0.164 e. The number of hydrogen-bond donors (Lipinski definition) is 1. The fourth-order valence-electron chi connectivity index (χ4n) is 3.09. The van der Waals surface area contributed by atoms with Gasteiger partial charge in [-0.1, -0.05) is 12.8 Å². The van der Waals surface area contributed by atoms with E-state index in [1.165, 1.54) is 19.3 Å². The highest BCUT2D eigenvalue weighted by Crippen LogP contribution is 2.35.